The van der Waals surface area contributed by atoms with Crippen molar-refractivity contribution in [2.45, 2.75) is 26.7 Å². The summed E-state index contributed by atoms with van der Waals surface area (Å²) in [6.45, 7) is 5.67. The fourth-order valence-electron chi connectivity index (χ4n) is 0.711. The molecule has 13 heavy (non-hydrogen) atoms. The van der Waals surface area contributed by atoms with Gasteiger partial charge in [0.1, 0.15) is 0 Å². The van der Waals surface area contributed by atoms with Gasteiger partial charge < -0.3 is 15.7 Å². The first kappa shape index (κ1) is 14.9. The summed E-state index contributed by atoms with van der Waals surface area (Å²) in [4.78, 5) is 11.4. The van der Waals surface area contributed by atoms with Gasteiger partial charge in [-0.15, -0.1) is 0 Å². The average Bonchev–Trinajstić information content (AvgIpc) is 2.00. The zero-order valence-corrected chi connectivity index (χ0v) is 8.92. The maximum absolute atomic E-state index is 9.22. The fourth-order valence-corrected chi connectivity index (χ4v) is 0.711. The highest BCUT2D eigenvalue weighted by molar-refractivity contribution is 5.70. The molecular formula is C9H22N2O2. The number of hydrogen-bond acceptors (Lipinski definition) is 3. The van der Waals surface area contributed by atoms with Gasteiger partial charge in [0.15, 0.2) is 0 Å². The van der Waals surface area contributed by atoms with Gasteiger partial charge in [-0.1, -0.05) is 13.3 Å². The zero-order valence-electron chi connectivity index (χ0n) is 8.92. The number of unbranched alkanes of at least 4 members (excludes halogenated alkanes) is 1. The first-order chi connectivity index (χ1) is 6.04. The molecule has 1 amide bonds. The minimum absolute atomic E-state index is 0.278. The minimum Gasteiger partial charge on any atom is -0.395 e. The number of aliphatic hydroxyl groups excluding tert-OH is 1. The number of hydrogen-bond donors (Lipinski definition) is 2. The summed E-state index contributed by atoms with van der Waals surface area (Å²) in [7, 11) is 2.03. The molecule has 0 heterocycles. The van der Waals surface area contributed by atoms with Gasteiger partial charge in [-0.25, -0.2) is 0 Å². The Morgan fingerprint density at radius 1 is 1.46 bits per heavy atom. The lowest BCUT2D eigenvalue weighted by Crippen LogP contribution is -2.22. The Morgan fingerprint density at radius 3 is 2.23 bits per heavy atom. The molecule has 0 saturated carbocycles. The van der Waals surface area contributed by atoms with Crippen LogP contribution in [-0.4, -0.2) is 42.7 Å². The molecular weight excluding hydrogens is 168 g/mol. The molecule has 0 saturated heterocycles. The number of nitrogens with two attached hydrogens (primary N) is 1. The minimum atomic E-state index is -0.333. The van der Waals surface area contributed by atoms with Crippen molar-refractivity contribution >= 4 is 5.91 Å². The Kier molecular flexibility index (Phi) is 13.0. The molecule has 0 aromatic rings. The van der Waals surface area contributed by atoms with Crippen LogP contribution in [0.1, 0.15) is 26.7 Å². The van der Waals surface area contributed by atoms with Crippen LogP contribution in [0.5, 0.6) is 0 Å². The zero-order chi connectivity index (χ0) is 10.7. The van der Waals surface area contributed by atoms with Crippen molar-refractivity contribution in [2.24, 2.45) is 5.73 Å². The second kappa shape index (κ2) is 11.4. The first-order valence-corrected chi connectivity index (χ1v) is 4.60. The van der Waals surface area contributed by atoms with Gasteiger partial charge in [0.25, 0.3) is 0 Å². The number of carbonyl (C=O) groups excluding carboxylic acids is 1. The number of likely N-dealkylation sites (N-methyl/N-ethyl adjacent to an activating group) is 1. The molecule has 4 nitrogen and oxygen atoms in total. The summed E-state index contributed by atoms with van der Waals surface area (Å²) in [5, 5.41) is 8.49. The Hall–Kier alpha value is -0.610. The van der Waals surface area contributed by atoms with Gasteiger partial charge in [0, 0.05) is 13.5 Å². The van der Waals surface area contributed by atoms with Gasteiger partial charge >= 0.3 is 0 Å². The monoisotopic (exact) mass is 190 g/mol. The van der Waals surface area contributed by atoms with Crippen molar-refractivity contribution in [1.29, 1.82) is 0 Å². The number of primary amides is 1. The van der Waals surface area contributed by atoms with Crippen LogP contribution in [0.3, 0.4) is 0 Å². The molecule has 0 aromatic heterocycles. The molecule has 0 aliphatic rings. The number of aliphatic hydroxyl groups is 1. The largest absolute Gasteiger partial charge is 0.395 e. The van der Waals surface area contributed by atoms with Crippen LogP contribution in [0, 0.1) is 0 Å². The number of rotatable bonds is 5. The SMILES string of the molecule is CC(N)=O.CCCCN(C)CCO. The van der Waals surface area contributed by atoms with Crippen molar-refractivity contribution in [2.75, 3.05) is 26.7 Å². The van der Waals surface area contributed by atoms with E-state index in [0.29, 0.717) is 0 Å². The molecule has 0 aliphatic heterocycles. The average molecular weight is 190 g/mol. The highest BCUT2D eigenvalue weighted by atomic mass is 16.3. The third-order valence-corrected chi connectivity index (χ3v) is 1.38. The molecule has 0 radical (unpaired) electrons. The highest BCUT2D eigenvalue weighted by Gasteiger charge is 1.93. The lowest BCUT2D eigenvalue weighted by atomic mass is 10.3. The van der Waals surface area contributed by atoms with E-state index >= 15 is 0 Å². The Bertz CT molecular complexity index is 114. The molecule has 0 aromatic carbocycles. The number of amides is 1. The quantitative estimate of drug-likeness (QED) is 0.651. The Morgan fingerprint density at radius 2 is 1.92 bits per heavy atom. The summed E-state index contributed by atoms with van der Waals surface area (Å²) < 4.78 is 0. The standard InChI is InChI=1S/C7H17NO.C2H5NO/c1-3-4-5-8(2)6-7-9;1-2(3)4/h9H,3-7H2,1-2H3;1H3,(H2,3,4). The maximum atomic E-state index is 9.22. The molecule has 4 heteroatoms. The van der Waals surface area contributed by atoms with Crippen LogP contribution in [0.25, 0.3) is 0 Å². The third kappa shape index (κ3) is 24.6. The molecule has 0 aliphatic carbocycles. The normalized spacial score (nSPS) is 9.31. The second-order valence-electron chi connectivity index (χ2n) is 2.99. The van der Waals surface area contributed by atoms with Crippen LogP contribution in [0.2, 0.25) is 0 Å². The molecule has 0 unspecified atom stereocenters. The molecule has 0 spiro atoms. The van der Waals surface area contributed by atoms with E-state index in [4.69, 9.17) is 5.11 Å². The van der Waals surface area contributed by atoms with Crippen molar-refractivity contribution in [1.82, 2.24) is 4.90 Å². The smallest absolute Gasteiger partial charge is 0.214 e. The molecule has 80 valence electrons. The predicted molar refractivity (Wildman–Crippen MR) is 54.4 cm³/mol. The van der Waals surface area contributed by atoms with Crippen molar-refractivity contribution in [3.63, 3.8) is 0 Å². The van der Waals surface area contributed by atoms with Crippen LogP contribution in [0.15, 0.2) is 0 Å². The lowest BCUT2D eigenvalue weighted by Gasteiger charge is -2.13. The van der Waals surface area contributed by atoms with E-state index in [1.165, 1.54) is 19.8 Å². The Balaban J connectivity index is 0. The highest BCUT2D eigenvalue weighted by Crippen LogP contribution is 1.89. The first-order valence-electron chi connectivity index (χ1n) is 4.60. The van der Waals surface area contributed by atoms with Crippen LogP contribution in [-0.2, 0) is 4.79 Å². The molecule has 0 bridgehead atoms. The Labute approximate surface area is 80.7 Å². The fraction of sp³-hybridized carbons (Fsp3) is 0.889. The third-order valence-electron chi connectivity index (χ3n) is 1.38. The van der Waals surface area contributed by atoms with E-state index in [1.54, 1.807) is 0 Å². The molecule has 0 rings (SSSR count). The summed E-state index contributed by atoms with van der Waals surface area (Å²) in [6, 6.07) is 0. The van der Waals surface area contributed by atoms with Gasteiger partial charge in [-0.3, -0.25) is 4.79 Å². The van der Waals surface area contributed by atoms with E-state index < -0.39 is 0 Å². The number of nitrogens with zero attached hydrogens (tertiary/aromatic N) is 1. The van der Waals surface area contributed by atoms with Crippen molar-refractivity contribution < 1.29 is 9.90 Å². The molecule has 3 N–H and O–H groups in total. The number of carbonyl (C=O) groups is 1. The lowest BCUT2D eigenvalue weighted by molar-refractivity contribution is -0.115. The van der Waals surface area contributed by atoms with Crippen molar-refractivity contribution in [3.05, 3.63) is 0 Å². The van der Waals surface area contributed by atoms with Gasteiger partial charge in [-0.2, -0.15) is 0 Å². The molecule has 0 fully saturated rings. The predicted octanol–water partition coefficient (Wildman–Crippen LogP) is 0.202. The van der Waals surface area contributed by atoms with E-state index in [1.807, 2.05) is 7.05 Å². The van der Waals surface area contributed by atoms with Crippen molar-refractivity contribution in [3.8, 4) is 0 Å². The molecule has 0 atom stereocenters. The van der Waals surface area contributed by atoms with Crippen LogP contribution >= 0.6 is 0 Å². The van der Waals surface area contributed by atoms with Gasteiger partial charge in [0.2, 0.25) is 5.91 Å². The topological polar surface area (TPSA) is 66.6 Å². The van der Waals surface area contributed by atoms with E-state index in [2.05, 4.69) is 17.6 Å². The second-order valence-corrected chi connectivity index (χ2v) is 2.99. The summed E-state index contributed by atoms with van der Waals surface area (Å²) in [5.74, 6) is -0.333. The summed E-state index contributed by atoms with van der Waals surface area (Å²) >= 11 is 0. The van der Waals surface area contributed by atoms with Crippen LogP contribution < -0.4 is 5.73 Å². The van der Waals surface area contributed by atoms with E-state index in [9.17, 15) is 4.79 Å². The summed E-state index contributed by atoms with van der Waals surface area (Å²) in [6.07, 6.45) is 2.46. The summed E-state index contributed by atoms with van der Waals surface area (Å²) in [5.41, 5.74) is 4.47. The maximum Gasteiger partial charge on any atom is 0.214 e. The van der Waals surface area contributed by atoms with E-state index in [0.717, 1.165) is 13.1 Å². The van der Waals surface area contributed by atoms with Gasteiger partial charge in [-0.05, 0) is 20.0 Å². The van der Waals surface area contributed by atoms with Gasteiger partial charge in [0.05, 0.1) is 6.61 Å². The van der Waals surface area contributed by atoms with Crippen LogP contribution in [0.4, 0.5) is 0 Å². The van der Waals surface area contributed by atoms with E-state index in [-0.39, 0.29) is 12.5 Å².